The second-order valence-electron chi connectivity index (χ2n) is 9.16. The standard InChI is InChI=1S/C27H32N2O5/c1-3-5-15-29-24(30)21-22(25(29)31)27(26(32)33,17-18-9-7-6-8-10-18)28-23(21)19-11-13-20(14-12-19)34-16-4-2/h6-14,21-23,28H,3-5,15-17H2,1-2H3,(H,32,33). The van der Waals surface area contributed by atoms with Crippen LogP contribution in [0.25, 0.3) is 0 Å². The Morgan fingerprint density at radius 1 is 1.03 bits per heavy atom. The van der Waals surface area contributed by atoms with Crippen LogP contribution in [0.4, 0.5) is 0 Å². The second kappa shape index (κ2) is 9.97. The number of carbonyl (C=O) groups is 3. The average molecular weight is 465 g/mol. The molecule has 34 heavy (non-hydrogen) atoms. The summed E-state index contributed by atoms with van der Waals surface area (Å²) in [5.41, 5.74) is -0.0113. The molecule has 0 aromatic heterocycles. The molecule has 0 radical (unpaired) electrons. The van der Waals surface area contributed by atoms with Crippen LogP contribution < -0.4 is 10.1 Å². The molecular weight excluding hydrogens is 432 g/mol. The van der Waals surface area contributed by atoms with Crippen LogP contribution >= 0.6 is 0 Å². The van der Waals surface area contributed by atoms with Gasteiger partial charge in [0, 0.05) is 19.0 Å². The SMILES string of the molecule is CCCCN1C(=O)C2C(c3ccc(OCCC)cc3)NC(Cc3ccccc3)(C(=O)O)C2C1=O. The third kappa shape index (κ3) is 4.20. The quantitative estimate of drug-likeness (QED) is 0.522. The molecule has 4 atom stereocenters. The van der Waals surface area contributed by atoms with Gasteiger partial charge in [0.1, 0.15) is 11.3 Å². The molecule has 2 aliphatic heterocycles. The van der Waals surface area contributed by atoms with Gasteiger partial charge in [-0.25, -0.2) is 0 Å². The van der Waals surface area contributed by atoms with Crippen LogP contribution in [0, 0.1) is 11.8 Å². The number of aliphatic carboxylic acids is 1. The first-order valence-corrected chi connectivity index (χ1v) is 12.1. The maximum absolute atomic E-state index is 13.5. The fraction of sp³-hybridized carbons (Fsp3) is 0.444. The number of benzene rings is 2. The van der Waals surface area contributed by atoms with E-state index in [0.29, 0.717) is 25.3 Å². The summed E-state index contributed by atoms with van der Waals surface area (Å²) in [6.45, 7) is 4.94. The van der Waals surface area contributed by atoms with Gasteiger partial charge in [0.15, 0.2) is 0 Å². The van der Waals surface area contributed by atoms with Crippen molar-refractivity contribution in [3.05, 3.63) is 65.7 Å². The molecule has 2 fully saturated rings. The van der Waals surface area contributed by atoms with E-state index >= 15 is 0 Å². The van der Waals surface area contributed by atoms with Gasteiger partial charge in [0.05, 0.1) is 18.4 Å². The highest BCUT2D eigenvalue weighted by atomic mass is 16.5. The smallest absolute Gasteiger partial charge is 0.325 e. The highest BCUT2D eigenvalue weighted by Crippen LogP contribution is 2.50. The van der Waals surface area contributed by atoms with Crippen molar-refractivity contribution < 1.29 is 24.2 Å². The van der Waals surface area contributed by atoms with E-state index in [0.717, 1.165) is 24.0 Å². The van der Waals surface area contributed by atoms with Crippen LogP contribution in [0.1, 0.15) is 50.3 Å². The number of nitrogens with zero attached hydrogens (tertiary/aromatic N) is 1. The Labute approximate surface area is 200 Å². The summed E-state index contributed by atoms with van der Waals surface area (Å²) < 4.78 is 5.67. The molecule has 2 amide bonds. The molecule has 2 heterocycles. The number of rotatable bonds is 10. The first-order valence-electron chi connectivity index (χ1n) is 12.1. The topological polar surface area (TPSA) is 95.9 Å². The summed E-state index contributed by atoms with van der Waals surface area (Å²) in [5.74, 6) is -2.83. The lowest BCUT2D eigenvalue weighted by atomic mass is 9.76. The number of likely N-dealkylation sites (tertiary alicyclic amines) is 1. The number of carboxylic acid groups (broad SMARTS) is 1. The summed E-state index contributed by atoms with van der Waals surface area (Å²) in [6, 6.07) is 16.0. The minimum atomic E-state index is -1.58. The first-order chi connectivity index (χ1) is 16.4. The Morgan fingerprint density at radius 2 is 1.74 bits per heavy atom. The zero-order valence-electron chi connectivity index (χ0n) is 19.7. The van der Waals surface area contributed by atoms with Crippen molar-refractivity contribution in [3.8, 4) is 5.75 Å². The molecule has 2 aliphatic rings. The number of carbonyl (C=O) groups excluding carboxylic acids is 2. The van der Waals surface area contributed by atoms with Gasteiger partial charge in [0.2, 0.25) is 11.8 Å². The number of ether oxygens (including phenoxy) is 1. The van der Waals surface area contributed by atoms with Crippen LogP contribution in [0.3, 0.4) is 0 Å². The minimum absolute atomic E-state index is 0.110. The number of nitrogens with one attached hydrogen (secondary N) is 1. The van der Waals surface area contributed by atoms with E-state index in [1.54, 1.807) is 0 Å². The average Bonchev–Trinajstić information content (AvgIpc) is 3.31. The lowest BCUT2D eigenvalue weighted by molar-refractivity contribution is -0.151. The second-order valence-corrected chi connectivity index (χ2v) is 9.16. The van der Waals surface area contributed by atoms with Crippen LogP contribution in [0.15, 0.2) is 54.6 Å². The van der Waals surface area contributed by atoms with Crippen molar-refractivity contribution >= 4 is 17.8 Å². The minimum Gasteiger partial charge on any atom is -0.494 e. The molecule has 2 saturated heterocycles. The fourth-order valence-corrected chi connectivity index (χ4v) is 5.23. The highest BCUT2D eigenvalue weighted by molar-refractivity contribution is 6.09. The van der Waals surface area contributed by atoms with Crippen LogP contribution in [-0.4, -0.2) is 46.5 Å². The van der Waals surface area contributed by atoms with E-state index in [-0.39, 0.29) is 18.2 Å². The molecule has 7 heteroatoms. The van der Waals surface area contributed by atoms with E-state index in [2.05, 4.69) is 5.32 Å². The van der Waals surface area contributed by atoms with Crippen LogP contribution in [0.2, 0.25) is 0 Å². The molecule has 180 valence electrons. The molecular formula is C27H32N2O5. The largest absolute Gasteiger partial charge is 0.494 e. The molecule has 7 nitrogen and oxygen atoms in total. The van der Waals surface area contributed by atoms with E-state index in [4.69, 9.17) is 4.74 Å². The number of fused-ring (bicyclic) bond motifs is 1. The maximum atomic E-state index is 13.5. The number of unbranched alkanes of at least 4 members (excludes halogenated alkanes) is 1. The predicted molar refractivity (Wildman–Crippen MR) is 127 cm³/mol. The Bertz CT molecular complexity index is 1040. The van der Waals surface area contributed by atoms with Crippen LogP contribution in [0.5, 0.6) is 5.75 Å². The van der Waals surface area contributed by atoms with Crippen LogP contribution in [-0.2, 0) is 20.8 Å². The molecule has 0 bridgehead atoms. The highest BCUT2D eigenvalue weighted by Gasteiger charge is 2.68. The first kappa shape index (κ1) is 24.0. The molecule has 0 saturated carbocycles. The molecule has 0 aliphatic carbocycles. The Kier molecular flexibility index (Phi) is 7.03. The third-order valence-corrected chi connectivity index (χ3v) is 6.90. The normalized spacial score (nSPS) is 26.1. The molecule has 4 rings (SSSR count). The number of hydrogen-bond donors (Lipinski definition) is 2. The summed E-state index contributed by atoms with van der Waals surface area (Å²) in [7, 11) is 0. The summed E-state index contributed by atoms with van der Waals surface area (Å²) in [5, 5.41) is 13.7. The van der Waals surface area contributed by atoms with Crippen molar-refractivity contribution in [1.29, 1.82) is 0 Å². The lowest BCUT2D eigenvalue weighted by Crippen LogP contribution is -2.57. The molecule has 2 aromatic rings. The summed E-state index contributed by atoms with van der Waals surface area (Å²) in [4.78, 5) is 41.2. The van der Waals surface area contributed by atoms with Crippen molar-refractivity contribution in [2.24, 2.45) is 11.8 Å². The van der Waals surface area contributed by atoms with Crippen molar-refractivity contribution in [3.63, 3.8) is 0 Å². The summed E-state index contributed by atoms with van der Waals surface area (Å²) >= 11 is 0. The molecule has 0 spiro atoms. The summed E-state index contributed by atoms with van der Waals surface area (Å²) in [6.07, 6.45) is 2.53. The van der Waals surface area contributed by atoms with E-state index in [9.17, 15) is 19.5 Å². The van der Waals surface area contributed by atoms with Crippen molar-refractivity contribution in [2.45, 2.75) is 51.1 Å². The zero-order chi connectivity index (χ0) is 24.3. The van der Waals surface area contributed by atoms with E-state index < -0.39 is 29.4 Å². The van der Waals surface area contributed by atoms with Gasteiger partial charge in [-0.15, -0.1) is 0 Å². The predicted octanol–water partition coefficient (Wildman–Crippen LogP) is 3.59. The molecule has 2 N–H and O–H groups in total. The van der Waals surface area contributed by atoms with E-state index in [1.807, 2.05) is 68.4 Å². The van der Waals surface area contributed by atoms with Gasteiger partial charge in [-0.1, -0.05) is 62.7 Å². The maximum Gasteiger partial charge on any atom is 0.325 e. The fourth-order valence-electron chi connectivity index (χ4n) is 5.23. The number of carboxylic acids is 1. The van der Waals surface area contributed by atoms with Gasteiger partial charge in [-0.3, -0.25) is 24.6 Å². The number of imide groups is 1. The number of hydrogen-bond acceptors (Lipinski definition) is 5. The van der Waals surface area contributed by atoms with Crippen molar-refractivity contribution in [1.82, 2.24) is 10.2 Å². The van der Waals surface area contributed by atoms with Gasteiger partial charge >= 0.3 is 5.97 Å². The van der Waals surface area contributed by atoms with E-state index in [1.165, 1.54) is 4.90 Å². The lowest BCUT2D eigenvalue weighted by Gasteiger charge is -2.31. The van der Waals surface area contributed by atoms with Crippen molar-refractivity contribution in [2.75, 3.05) is 13.2 Å². The monoisotopic (exact) mass is 464 g/mol. The molecule has 4 unspecified atom stereocenters. The Hall–Kier alpha value is -3.19. The van der Waals surface area contributed by atoms with Gasteiger partial charge in [0.25, 0.3) is 0 Å². The molecule has 2 aromatic carbocycles. The Balaban J connectivity index is 1.75. The Morgan fingerprint density at radius 3 is 2.35 bits per heavy atom. The third-order valence-electron chi connectivity index (χ3n) is 6.90. The van der Waals surface area contributed by atoms with Gasteiger partial charge in [-0.05, 0) is 36.1 Å². The van der Waals surface area contributed by atoms with Gasteiger partial charge < -0.3 is 9.84 Å². The zero-order valence-corrected chi connectivity index (χ0v) is 19.7. The number of amides is 2. The van der Waals surface area contributed by atoms with Gasteiger partial charge in [-0.2, -0.15) is 0 Å².